The number of Topliss-reactive ketones (excluding diaryl/α,β-unsaturated/α-hetero) is 1. The van der Waals surface area contributed by atoms with Crippen molar-refractivity contribution in [3.63, 3.8) is 0 Å². The van der Waals surface area contributed by atoms with E-state index < -0.39 is 10.7 Å². The fourth-order valence-corrected chi connectivity index (χ4v) is 1.29. The molecular formula is C12H11N3O3. The van der Waals surface area contributed by atoms with Gasteiger partial charge in [-0.2, -0.15) is 5.26 Å². The highest BCUT2D eigenvalue weighted by atomic mass is 16.6. The van der Waals surface area contributed by atoms with Crippen LogP contribution in [0.25, 0.3) is 0 Å². The van der Waals surface area contributed by atoms with Crippen LogP contribution in [0.2, 0.25) is 0 Å². The Morgan fingerprint density at radius 3 is 2.33 bits per heavy atom. The summed E-state index contributed by atoms with van der Waals surface area (Å²) in [6.45, 7) is 0. The molecule has 1 rings (SSSR count). The van der Waals surface area contributed by atoms with Crippen molar-refractivity contribution in [1.29, 1.82) is 5.26 Å². The molecule has 0 amide bonds. The Balaban J connectivity index is 3.04. The van der Waals surface area contributed by atoms with Crippen LogP contribution >= 0.6 is 0 Å². The molecule has 0 unspecified atom stereocenters. The van der Waals surface area contributed by atoms with Gasteiger partial charge in [-0.15, -0.1) is 0 Å². The molecule has 0 saturated heterocycles. The molecule has 6 heteroatoms. The van der Waals surface area contributed by atoms with Crippen LogP contribution in [0.3, 0.4) is 0 Å². The number of nitro groups is 1. The molecule has 0 bridgehead atoms. The van der Waals surface area contributed by atoms with Gasteiger partial charge in [-0.05, 0) is 12.1 Å². The molecule has 1 aromatic rings. The number of nitrogens with zero attached hydrogens (tertiary/aromatic N) is 3. The summed E-state index contributed by atoms with van der Waals surface area (Å²) in [5.41, 5.74) is 0.130. The van der Waals surface area contributed by atoms with Crippen LogP contribution < -0.4 is 0 Å². The number of rotatable bonds is 4. The maximum Gasteiger partial charge on any atom is 0.269 e. The summed E-state index contributed by atoms with van der Waals surface area (Å²) in [6.07, 6.45) is 1.41. The Morgan fingerprint density at radius 1 is 1.39 bits per heavy atom. The Kier molecular flexibility index (Phi) is 4.16. The van der Waals surface area contributed by atoms with Crippen LogP contribution in [0, 0.1) is 21.4 Å². The maximum atomic E-state index is 11.9. The van der Waals surface area contributed by atoms with Crippen molar-refractivity contribution in [2.75, 3.05) is 14.1 Å². The van der Waals surface area contributed by atoms with Gasteiger partial charge in [0.05, 0.1) is 4.92 Å². The van der Waals surface area contributed by atoms with Crippen molar-refractivity contribution in [3.8, 4) is 6.07 Å². The third-order valence-corrected chi connectivity index (χ3v) is 2.09. The van der Waals surface area contributed by atoms with Gasteiger partial charge in [0.15, 0.2) is 0 Å². The van der Waals surface area contributed by atoms with Crippen LogP contribution in [0.5, 0.6) is 0 Å². The minimum absolute atomic E-state index is 0.0196. The van der Waals surface area contributed by atoms with Gasteiger partial charge in [-0.1, -0.05) is 0 Å². The molecule has 0 radical (unpaired) electrons. The highest BCUT2D eigenvalue weighted by Gasteiger charge is 2.14. The SMILES string of the molecule is CN(C)/C=C(\C#N)C(=O)c1ccc([N+](=O)[O-])cc1. The lowest BCUT2D eigenvalue weighted by atomic mass is 10.0. The zero-order valence-electron chi connectivity index (χ0n) is 9.95. The van der Waals surface area contributed by atoms with Crippen molar-refractivity contribution in [2.24, 2.45) is 0 Å². The van der Waals surface area contributed by atoms with E-state index in [4.69, 9.17) is 5.26 Å². The molecule has 0 aliphatic rings. The highest BCUT2D eigenvalue weighted by molar-refractivity contribution is 6.11. The van der Waals surface area contributed by atoms with E-state index in [1.807, 2.05) is 0 Å². The fourth-order valence-electron chi connectivity index (χ4n) is 1.29. The zero-order chi connectivity index (χ0) is 13.7. The predicted molar refractivity (Wildman–Crippen MR) is 64.8 cm³/mol. The summed E-state index contributed by atoms with van der Waals surface area (Å²) in [4.78, 5) is 23.4. The molecule has 0 saturated carbocycles. The van der Waals surface area contributed by atoms with Crippen LogP contribution in [-0.2, 0) is 0 Å². The van der Waals surface area contributed by atoms with Gasteiger partial charge in [0.1, 0.15) is 11.6 Å². The Bertz CT molecular complexity index is 539. The minimum Gasteiger partial charge on any atom is -0.382 e. The van der Waals surface area contributed by atoms with E-state index in [0.717, 1.165) is 0 Å². The molecule has 18 heavy (non-hydrogen) atoms. The number of benzene rings is 1. The number of allylic oxidation sites excluding steroid dienone is 1. The van der Waals surface area contributed by atoms with Gasteiger partial charge in [0, 0.05) is 38.0 Å². The van der Waals surface area contributed by atoms with Crippen molar-refractivity contribution >= 4 is 11.5 Å². The number of carbonyl (C=O) groups excluding carboxylic acids is 1. The molecule has 0 atom stereocenters. The quantitative estimate of drug-likeness (QED) is 0.265. The van der Waals surface area contributed by atoms with Gasteiger partial charge < -0.3 is 4.90 Å². The summed E-state index contributed by atoms with van der Waals surface area (Å²) in [6, 6.07) is 6.94. The molecule has 0 N–H and O–H groups in total. The molecule has 92 valence electrons. The van der Waals surface area contributed by atoms with E-state index in [9.17, 15) is 14.9 Å². The van der Waals surface area contributed by atoms with E-state index in [0.29, 0.717) is 0 Å². The van der Waals surface area contributed by atoms with Crippen LogP contribution in [0.1, 0.15) is 10.4 Å². The molecule has 0 fully saturated rings. The topological polar surface area (TPSA) is 87.2 Å². The smallest absolute Gasteiger partial charge is 0.269 e. The number of nitro benzene ring substituents is 1. The van der Waals surface area contributed by atoms with Gasteiger partial charge in [0.25, 0.3) is 5.69 Å². The van der Waals surface area contributed by atoms with E-state index in [1.165, 1.54) is 30.5 Å². The first kappa shape index (κ1) is 13.4. The average Bonchev–Trinajstić information content (AvgIpc) is 2.35. The standard InChI is InChI=1S/C12H11N3O3/c1-14(2)8-10(7-13)12(16)9-3-5-11(6-4-9)15(17)18/h3-6,8H,1-2H3/b10-8+. The summed E-state index contributed by atoms with van der Waals surface area (Å²) in [7, 11) is 3.39. The van der Waals surface area contributed by atoms with Crippen molar-refractivity contribution in [2.45, 2.75) is 0 Å². The minimum atomic E-state index is -0.547. The average molecular weight is 245 g/mol. The van der Waals surface area contributed by atoms with Crippen LogP contribution in [0.4, 0.5) is 5.69 Å². The Labute approximate surface area is 104 Å². The largest absolute Gasteiger partial charge is 0.382 e. The Morgan fingerprint density at radius 2 is 1.94 bits per heavy atom. The summed E-state index contributed by atoms with van der Waals surface area (Å²) in [5, 5.41) is 19.3. The van der Waals surface area contributed by atoms with E-state index >= 15 is 0 Å². The van der Waals surface area contributed by atoms with E-state index in [1.54, 1.807) is 25.1 Å². The van der Waals surface area contributed by atoms with E-state index in [-0.39, 0.29) is 16.8 Å². The number of nitriles is 1. The lowest BCUT2D eigenvalue weighted by Gasteiger charge is -2.05. The van der Waals surface area contributed by atoms with Gasteiger partial charge in [-0.3, -0.25) is 14.9 Å². The van der Waals surface area contributed by atoms with Crippen LogP contribution in [-0.4, -0.2) is 29.7 Å². The maximum absolute atomic E-state index is 11.9. The van der Waals surface area contributed by atoms with Crippen LogP contribution in [0.15, 0.2) is 36.0 Å². The molecule has 6 nitrogen and oxygen atoms in total. The number of hydrogen-bond acceptors (Lipinski definition) is 5. The molecule has 0 aliphatic carbocycles. The number of carbonyl (C=O) groups is 1. The predicted octanol–water partition coefficient (Wildman–Crippen LogP) is 1.75. The lowest BCUT2D eigenvalue weighted by molar-refractivity contribution is -0.384. The first-order chi connectivity index (χ1) is 8.45. The Hall–Kier alpha value is -2.68. The molecule has 0 spiro atoms. The van der Waals surface area contributed by atoms with Gasteiger partial charge in [0.2, 0.25) is 5.78 Å². The molecule has 0 heterocycles. The second kappa shape index (κ2) is 5.59. The second-order valence-corrected chi connectivity index (χ2v) is 3.75. The number of hydrogen-bond donors (Lipinski definition) is 0. The third-order valence-electron chi connectivity index (χ3n) is 2.09. The molecule has 0 aliphatic heterocycles. The highest BCUT2D eigenvalue weighted by Crippen LogP contribution is 2.14. The first-order valence-corrected chi connectivity index (χ1v) is 5.03. The summed E-state index contributed by atoms with van der Waals surface area (Å²) < 4.78 is 0. The first-order valence-electron chi connectivity index (χ1n) is 5.03. The van der Waals surface area contributed by atoms with Crippen molar-refractivity contribution in [3.05, 3.63) is 51.7 Å². The van der Waals surface area contributed by atoms with Gasteiger partial charge >= 0.3 is 0 Å². The van der Waals surface area contributed by atoms with E-state index in [2.05, 4.69) is 0 Å². The summed E-state index contributed by atoms with van der Waals surface area (Å²) >= 11 is 0. The molecule has 0 aromatic heterocycles. The second-order valence-electron chi connectivity index (χ2n) is 3.75. The number of non-ortho nitro benzene ring substituents is 1. The molecule has 1 aromatic carbocycles. The number of ketones is 1. The molecular weight excluding hydrogens is 234 g/mol. The summed E-state index contributed by atoms with van der Waals surface area (Å²) in [5.74, 6) is -0.457. The normalized spacial score (nSPS) is 10.6. The lowest BCUT2D eigenvalue weighted by Crippen LogP contribution is -2.08. The van der Waals surface area contributed by atoms with Crippen molar-refractivity contribution in [1.82, 2.24) is 4.90 Å². The zero-order valence-corrected chi connectivity index (χ0v) is 9.95. The fraction of sp³-hybridized carbons (Fsp3) is 0.167. The third kappa shape index (κ3) is 3.15. The van der Waals surface area contributed by atoms with Crippen molar-refractivity contribution < 1.29 is 9.72 Å². The monoisotopic (exact) mass is 245 g/mol. The van der Waals surface area contributed by atoms with Gasteiger partial charge in [-0.25, -0.2) is 0 Å².